The van der Waals surface area contributed by atoms with Crippen molar-refractivity contribution in [2.24, 2.45) is 10.8 Å². The Morgan fingerprint density at radius 2 is 1.82 bits per heavy atom. The predicted octanol–water partition coefficient (Wildman–Crippen LogP) is 3.91. The molecule has 0 atom stereocenters. The highest BCUT2D eigenvalue weighted by molar-refractivity contribution is 5.80. The molecule has 2 heteroatoms. The fourth-order valence-electron chi connectivity index (χ4n) is 4.50. The topological polar surface area (TPSA) is 37.3 Å². The van der Waals surface area contributed by atoms with Crippen LogP contribution in [0.2, 0.25) is 0 Å². The zero-order chi connectivity index (χ0) is 11.9. The van der Waals surface area contributed by atoms with Gasteiger partial charge in [0.1, 0.15) is 0 Å². The van der Waals surface area contributed by atoms with Crippen LogP contribution in [-0.4, -0.2) is 11.1 Å². The van der Waals surface area contributed by atoms with Crippen molar-refractivity contribution in [3.63, 3.8) is 0 Å². The summed E-state index contributed by atoms with van der Waals surface area (Å²) in [4.78, 5) is 11.7. The van der Waals surface area contributed by atoms with Crippen LogP contribution in [0.25, 0.3) is 0 Å². The fourth-order valence-corrected chi connectivity index (χ4v) is 4.50. The van der Waals surface area contributed by atoms with E-state index < -0.39 is 11.4 Å². The van der Waals surface area contributed by atoms with Gasteiger partial charge in [0.05, 0.1) is 5.41 Å². The van der Waals surface area contributed by atoms with Crippen molar-refractivity contribution >= 4 is 5.97 Å². The molecule has 0 aromatic heterocycles. The van der Waals surface area contributed by atoms with Gasteiger partial charge in [-0.2, -0.15) is 0 Å². The molecule has 17 heavy (non-hydrogen) atoms. The van der Waals surface area contributed by atoms with Crippen molar-refractivity contribution in [2.75, 3.05) is 0 Å². The second-order valence-corrected chi connectivity index (χ2v) is 6.42. The number of allylic oxidation sites excluding steroid dienone is 1. The Bertz CT molecular complexity index is 353. The number of hydrogen-bond donors (Lipinski definition) is 1. The zero-order valence-electron chi connectivity index (χ0n) is 10.5. The van der Waals surface area contributed by atoms with Crippen molar-refractivity contribution in [3.8, 4) is 0 Å². The molecule has 3 aliphatic rings. The van der Waals surface area contributed by atoms with Gasteiger partial charge < -0.3 is 5.11 Å². The Hall–Kier alpha value is -0.790. The molecular formula is C15H22O2. The van der Waals surface area contributed by atoms with Crippen LogP contribution in [0.5, 0.6) is 0 Å². The number of carboxylic acid groups (broad SMARTS) is 1. The summed E-state index contributed by atoms with van der Waals surface area (Å²) in [5, 5.41) is 9.64. The molecule has 2 saturated carbocycles. The van der Waals surface area contributed by atoms with E-state index in [1.54, 1.807) is 0 Å². The molecule has 2 nitrogen and oxygen atoms in total. The van der Waals surface area contributed by atoms with Crippen LogP contribution in [0.3, 0.4) is 0 Å². The molecule has 0 unspecified atom stereocenters. The van der Waals surface area contributed by atoms with E-state index >= 15 is 0 Å². The lowest BCUT2D eigenvalue weighted by Crippen LogP contribution is -2.51. The Morgan fingerprint density at radius 1 is 1.12 bits per heavy atom. The third kappa shape index (κ3) is 1.64. The fraction of sp³-hybridized carbons (Fsp3) is 0.800. The summed E-state index contributed by atoms with van der Waals surface area (Å²) >= 11 is 0. The SMILES string of the molecule is O=C(O)C1(C2=CCCCC2)CC2(CCCC2)C1. The minimum Gasteiger partial charge on any atom is -0.481 e. The van der Waals surface area contributed by atoms with Gasteiger partial charge in [0.2, 0.25) is 0 Å². The first-order valence-corrected chi connectivity index (χ1v) is 7.10. The smallest absolute Gasteiger partial charge is 0.313 e. The van der Waals surface area contributed by atoms with Gasteiger partial charge in [0.25, 0.3) is 0 Å². The molecule has 0 bridgehead atoms. The van der Waals surface area contributed by atoms with Crippen LogP contribution in [-0.2, 0) is 4.79 Å². The molecule has 2 fully saturated rings. The van der Waals surface area contributed by atoms with E-state index in [9.17, 15) is 9.90 Å². The van der Waals surface area contributed by atoms with Crippen molar-refractivity contribution < 1.29 is 9.90 Å². The average molecular weight is 234 g/mol. The minimum absolute atomic E-state index is 0.413. The largest absolute Gasteiger partial charge is 0.481 e. The quantitative estimate of drug-likeness (QED) is 0.735. The normalized spacial score (nSPS) is 29.8. The predicted molar refractivity (Wildman–Crippen MR) is 66.8 cm³/mol. The minimum atomic E-state index is -0.553. The highest BCUT2D eigenvalue weighted by Crippen LogP contribution is 2.65. The standard InChI is InChI=1S/C15H22O2/c16-13(17)15(12-6-2-1-3-7-12)10-14(11-15)8-4-5-9-14/h6H,1-5,7-11H2,(H,16,17). The lowest BCUT2D eigenvalue weighted by atomic mass is 9.48. The maximum Gasteiger partial charge on any atom is 0.313 e. The molecule has 94 valence electrons. The Labute approximate surface area is 103 Å². The lowest BCUT2D eigenvalue weighted by molar-refractivity contribution is -0.160. The number of hydrogen-bond acceptors (Lipinski definition) is 1. The second kappa shape index (κ2) is 3.86. The summed E-state index contributed by atoms with van der Waals surface area (Å²) in [6.07, 6.45) is 13.8. The van der Waals surface area contributed by atoms with Crippen molar-refractivity contribution in [1.29, 1.82) is 0 Å². The van der Waals surface area contributed by atoms with Crippen LogP contribution in [0, 0.1) is 10.8 Å². The van der Waals surface area contributed by atoms with Crippen LogP contribution < -0.4 is 0 Å². The first-order valence-electron chi connectivity index (χ1n) is 7.10. The average Bonchev–Trinajstić information content (AvgIpc) is 2.76. The van der Waals surface area contributed by atoms with E-state index in [0.29, 0.717) is 5.41 Å². The molecular weight excluding hydrogens is 212 g/mol. The number of aliphatic carboxylic acids is 1. The van der Waals surface area contributed by atoms with E-state index in [2.05, 4.69) is 6.08 Å². The third-order valence-corrected chi connectivity index (χ3v) is 5.33. The van der Waals surface area contributed by atoms with Crippen molar-refractivity contribution in [3.05, 3.63) is 11.6 Å². The first kappa shape index (κ1) is 11.3. The Balaban J connectivity index is 1.82. The number of rotatable bonds is 2. The molecule has 0 aromatic carbocycles. The molecule has 0 heterocycles. The monoisotopic (exact) mass is 234 g/mol. The van der Waals surface area contributed by atoms with E-state index in [-0.39, 0.29) is 0 Å². The maximum absolute atomic E-state index is 11.7. The molecule has 3 aliphatic carbocycles. The summed E-state index contributed by atoms with van der Waals surface area (Å²) in [6, 6.07) is 0. The molecule has 0 amide bonds. The van der Waals surface area contributed by atoms with Gasteiger partial charge in [-0.15, -0.1) is 0 Å². The van der Waals surface area contributed by atoms with E-state index in [0.717, 1.165) is 25.7 Å². The number of carbonyl (C=O) groups is 1. The highest BCUT2D eigenvalue weighted by Gasteiger charge is 2.60. The van der Waals surface area contributed by atoms with Crippen LogP contribution >= 0.6 is 0 Å². The molecule has 0 aromatic rings. The van der Waals surface area contributed by atoms with Crippen molar-refractivity contribution in [1.82, 2.24) is 0 Å². The van der Waals surface area contributed by atoms with Crippen LogP contribution in [0.4, 0.5) is 0 Å². The van der Waals surface area contributed by atoms with E-state index in [1.807, 2.05) is 0 Å². The van der Waals surface area contributed by atoms with Gasteiger partial charge >= 0.3 is 5.97 Å². The number of carboxylic acids is 1. The van der Waals surface area contributed by atoms with E-state index in [4.69, 9.17) is 0 Å². The molecule has 0 saturated heterocycles. The van der Waals surface area contributed by atoms with Crippen LogP contribution in [0.15, 0.2) is 11.6 Å². The van der Waals surface area contributed by atoms with Gasteiger partial charge in [-0.25, -0.2) is 0 Å². The Kier molecular flexibility index (Phi) is 2.57. The van der Waals surface area contributed by atoms with Gasteiger partial charge in [-0.1, -0.05) is 24.5 Å². The summed E-state index contributed by atoms with van der Waals surface area (Å²) in [5.41, 5.74) is 1.22. The second-order valence-electron chi connectivity index (χ2n) is 6.42. The Morgan fingerprint density at radius 3 is 2.35 bits per heavy atom. The zero-order valence-corrected chi connectivity index (χ0v) is 10.5. The van der Waals surface area contributed by atoms with Gasteiger partial charge in [0, 0.05) is 0 Å². The molecule has 3 rings (SSSR count). The molecule has 1 N–H and O–H groups in total. The van der Waals surface area contributed by atoms with E-state index in [1.165, 1.54) is 44.1 Å². The van der Waals surface area contributed by atoms with Crippen LogP contribution in [0.1, 0.15) is 64.2 Å². The van der Waals surface area contributed by atoms with Gasteiger partial charge in [0.15, 0.2) is 0 Å². The summed E-state index contributed by atoms with van der Waals surface area (Å²) in [7, 11) is 0. The van der Waals surface area contributed by atoms with Gasteiger partial charge in [-0.05, 0) is 56.8 Å². The summed E-state index contributed by atoms with van der Waals surface area (Å²) < 4.78 is 0. The third-order valence-electron chi connectivity index (χ3n) is 5.33. The molecule has 0 radical (unpaired) electrons. The lowest BCUT2D eigenvalue weighted by Gasteiger charge is -2.54. The molecule has 1 spiro atoms. The highest BCUT2D eigenvalue weighted by atomic mass is 16.4. The van der Waals surface area contributed by atoms with Crippen molar-refractivity contribution in [2.45, 2.75) is 64.2 Å². The molecule has 0 aliphatic heterocycles. The van der Waals surface area contributed by atoms with Gasteiger partial charge in [-0.3, -0.25) is 4.79 Å². The first-order chi connectivity index (χ1) is 8.17. The summed E-state index contributed by atoms with van der Waals surface area (Å²) in [5.74, 6) is -0.553. The maximum atomic E-state index is 11.7. The summed E-state index contributed by atoms with van der Waals surface area (Å²) in [6.45, 7) is 0.